The highest BCUT2D eigenvalue weighted by Crippen LogP contribution is 2.24. The lowest BCUT2D eigenvalue weighted by molar-refractivity contribution is -0.125. The van der Waals surface area contributed by atoms with Crippen molar-refractivity contribution >= 4 is 29.5 Å². The minimum absolute atomic E-state index is 0.254. The second-order valence-electron chi connectivity index (χ2n) is 10.1. The molecule has 2 aromatic heterocycles. The van der Waals surface area contributed by atoms with E-state index >= 15 is 0 Å². The van der Waals surface area contributed by atoms with Crippen LogP contribution in [-0.2, 0) is 9.53 Å². The van der Waals surface area contributed by atoms with Crippen LogP contribution in [0.15, 0.2) is 24.5 Å². The average Bonchev–Trinajstić information content (AvgIpc) is 3.41. The Hall–Kier alpha value is -3.94. The molecular weight excluding hydrogens is 489 g/mol. The molecule has 0 aromatic carbocycles. The van der Waals surface area contributed by atoms with Crippen LogP contribution in [0.4, 0.5) is 26.6 Å². The number of ether oxygens (including phenoxy) is 1. The maximum absolute atomic E-state index is 13.1. The summed E-state index contributed by atoms with van der Waals surface area (Å²) in [5.41, 5.74) is 0.689. The van der Waals surface area contributed by atoms with Gasteiger partial charge in [-0.3, -0.25) is 9.69 Å². The fourth-order valence-corrected chi connectivity index (χ4v) is 3.63. The highest BCUT2D eigenvalue weighted by molar-refractivity contribution is 5.85. The number of anilines is 3. The van der Waals surface area contributed by atoms with Gasteiger partial charge in [0.15, 0.2) is 0 Å². The molecule has 2 aromatic rings. The number of nitrogens with zero attached hydrogens (tertiary/aromatic N) is 5. The van der Waals surface area contributed by atoms with Crippen molar-refractivity contribution in [3.8, 4) is 11.8 Å². The molecule has 38 heavy (non-hydrogen) atoms. The minimum atomic E-state index is -0.658. The standard InChI is InChI=1S/C27H36FN7O3/c1-19(34(5)26(37)38-27(2,3)4)24(36)29-14-8-6-7-11-20-17-31-25(32-21-12-13-22(28)30-18-21)33-23(20)35-15-9-10-16-35/h12-13,17-19H,6,8-10,14-16H2,1-5H3,(H,29,36)(H,31,32,33)/t19-/m0/s1. The third-order valence-corrected chi connectivity index (χ3v) is 5.80. The summed E-state index contributed by atoms with van der Waals surface area (Å²) >= 11 is 0. The zero-order chi connectivity index (χ0) is 27.7. The number of carbonyl (C=O) groups excluding carboxylic acids is 2. The molecule has 2 N–H and O–H groups in total. The van der Waals surface area contributed by atoms with Crippen molar-refractivity contribution in [2.24, 2.45) is 0 Å². The molecule has 3 rings (SSSR count). The Bertz CT molecular complexity index is 1170. The van der Waals surface area contributed by atoms with Gasteiger partial charge in [-0.15, -0.1) is 0 Å². The van der Waals surface area contributed by atoms with Crippen molar-refractivity contribution < 1.29 is 18.7 Å². The molecule has 204 valence electrons. The second-order valence-corrected chi connectivity index (χ2v) is 10.1. The normalized spacial score (nSPS) is 13.8. The van der Waals surface area contributed by atoms with Gasteiger partial charge in [-0.1, -0.05) is 11.8 Å². The van der Waals surface area contributed by atoms with Gasteiger partial charge in [0, 0.05) is 33.1 Å². The fourth-order valence-electron chi connectivity index (χ4n) is 3.63. The van der Waals surface area contributed by atoms with Crippen molar-refractivity contribution in [1.82, 2.24) is 25.2 Å². The number of carbonyl (C=O) groups is 2. The SMILES string of the molecule is C[C@@H](C(=O)NCCCC#Cc1cnc(Nc2ccc(F)nc2)nc1N1CCCC1)N(C)C(=O)OC(C)(C)C. The van der Waals surface area contributed by atoms with Gasteiger partial charge in [0.25, 0.3) is 0 Å². The Morgan fingerprint density at radius 2 is 1.95 bits per heavy atom. The first-order chi connectivity index (χ1) is 18.0. The molecule has 1 aliphatic rings. The molecule has 1 aliphatic heterocycles. The van der Waals surface area contributed by atoms with E-state index in [-0.39, 0.29) is 5.91 Å². The molecule has 2 amide bonds. The van der Waals surface area contributed by atoms with E-state index in [9.17, 15) is 14.0 Å². The largest absolute Gasteiger partial charge is 0.444 e. The fraction of sp³-hybridized carbons (Fsp3) is 0.519. The Labute approximate surface area is 223 Å². The zero-order valence-corrected chi connectivity index (χ0v) is 22.7. The topological polar surface area (TPSA) is 113 Å². The van der Waals surface area contributed by atoms with Crippen molar-refractivity contribution in [2.75, 3.05) is 36.9 Å². The number of rotatable bonds is 8. The summed E-state index contributed by atoms with van der Waals surface area (Å²) in [5.74, 6) is 6.65. The molecule has 0 aliphatic carbocycles. The van der Waals surface area contributed by atoms with Gasteiger partial charge >= 0.3 is 6.09 Å². The van der Waals surface area contributed by atoms with E-state index in [2.05, 4.69) is 42.3 Å². The van der Waals surface area contributed by atoms with Gasteiger partial charge in [0.05, 0.1) is 23.6 Å². The number of pyridine rings is 1. The van der Waals surface area contributed by atoms with E-state index < -0.39 is 23.7 Å². The third-order valence-electron chi connectivity index (χ3n) is 5.80. The Kier molecular flexibility index (Phi) is 9.82. The molecule has 10 nitrogen and oxygen atoms in total. The number of hydrogen-bond acceptors (Lipinski definition) is 8. The van der Waals surface area contributed by atoms with Crippen molar-refractivity contribution in [3.05, 3.63) is 36.0 Å². The van der Waals surface area contributed by atoms with Crippen LogP contribution >= 0.6 is 0 Å². The summed E-state index contributed by atoms with van der Waals surface area (Å²) in [5, 5.41) is 5.90. The predicted octanol–water partition coefficient (Wildman–Crippen LogP) is 3.86. The van der Waals surface area contributed by atoms with Gasteiger partial charge in [0.2, 0.25) is 17.8 Å². The summed E-state index contributed by atoms with van der Waals surface area (Å²) in [6, 6.07) is 2.18. The Morgan fingerprint density at radius 1 is 1.21 bits per heavy atom. The molecule has 0 bridgehead atoms. The lowest BCUT2D eigenvalue weighted by atomic mass is 10.2. The van der Waals surface area contributed by atoms with Gasteiger partial charge < -0.3 is 20.3 Å². The van der Waals surface area contributed by atoms with Crippen LogP contribution in [0.25, 0.3) is 0 Å². The molecule has 0 radical (unpaired) electrons. The van der Waals surface area contributed by atoms with Crippen LogP contribution in [0.1, 0.15) is 58.9 Å². The van der Waals surface area contributed by atoms with Gasteiger partial charge in [-0.05, 0) is 59.1 Å². The summed E-state index contributed by atoms with van der Waals surface area (Å²) in [6.07, 6.45) is 5.92. The van der Waals surface area contributed by atoms with E-state index in [4.69, 9.17) is 4.74 Å². The predicted molar refractivity (Wildman–Crippen MR) is 144 cm³/mol. The van der Waals surface area contributed by atoms with Crippen molar-refractivity contribution in [1.29, 1.82) is 0 Å². The van der Waals surface area contributed by atoms with Crippen LogP contribution in [-0.4, -0.2) is 70.2 Å². The van der Waals surface area contributed by atoms with Crippen molar-refractivity contribution in [2.45, 2.75) is 65.0 Å². The van der Waals surface area contributed by atoms with Crippen LogP contribution in [0.5, 0.6) is 0 Å². The number of hydrogen-bond donors (Lipinski definition) is 2. The first-order valence-electron chi connectivity index (χ1n) is 12.8. The van der Waals surface area contributed by atoms with Gasteiger partial charge in [-0.25, -0.2) is 14.8 Å². The zero-order valence-electron chi connectivity index (χ0n) is 22.7. The molecule has 1 atom stereocenters. The van der Waals surface area contributed by atoms with Gasteiger partial charge in [0.1, 0.15) is 17.5 Å². The molecule has 0 unspecified atom stereocenters. The number of nitrogens with one attached hydrogen (secondary N) is 2. The summed E-state index contributed by atoms with van der Waals surface area (Å²) in [7, 11) is 1.54. The molecule has 0 saturated carbocycles. The summed E-state index contributed by atoms with van der Waals surface area (Å²) in [6.45, 7) is 9.22. The number of halogens is 1. The smallest absolute Gasteiger partial charge is 0.410 e. The summed E-state index contributed by atoms with van der Waals surface area (Å²) < 4.78 is 18.4. The number of unbranched alkanes of at least 4 members (excludes halogenated alkanes) is 1. The average molecular weight is 526 g/mol. The minimum Gasteiger partial charge on any atom is -0.444 e. The first-order valence-corrected chi connectivity index (χ1v) is 12.8. The van der Waals surface area contributed by atoms with E-state index in [0.29, 0.717) is 31.0 Å². The monoisotopic (exact) mass is 525 g/mol. The van der Waals surface area contributed by atoms with E-state index in [1.54, 1.807) is 47.0 Å². The number of likely N-dealkylation sites (N-methyl/N-ethyl adjacent to an activating group) is 1. The molecule has 11 heteroatoms. The maximum Gasteiger partial charge on any atom is 0.410 e. The molecule has 0 spiro atoms. The highest BCUT2D eigenvalue weighted by Gasteiger charge is 2.26. The lowest BCUT2D eigenvalue weighted by Gasteiger charge is -2.28. The number of aromatic nitrogens is 3. The van der Waals surface area contributed by atoms with Crippen LogP contribution in [0, 0.1) is 17.8 Å². The molecule has 1 saturated heterocycles. The van der Waals surface area contributed by atoms with Crippen molar-refractivity contribution in [3.63, 3.8) is 0 Å². The van der Waals surface area contributed by atoms with Crippen LogP contribution in [0.2, 0.25) is 0 Å². The lowest BCUT2D eigenvalue weighted by Crippen LogP contribution is -2.47. The molecule has 3 heterocycles. The van der Waals surface area contributed by atoms with E-state index in [1.807, 2.05) is 0 Å². The Balaban J connectivity index is 1.54. The quantitative estimate of drug-likeness (QED) is 0.304. The Morgan fingerprint density at radius 3 is 2.61 bits per heavy atom. The number of amides is 2. The highest BCUT2D eigenvalue weighted by atomic mass is 19.1. The maximum atomic E-state index is 13.1. The van der Waals surface area contributed by atoms with Crippen LogP contribution in [0.3, 0.4) is 0 Å². The summed E-state index contributed by atoms with van der Waals surface area (Å²) in [4.78, 5) is 40.7. The van der Waals surface area contributed by atoms with E-state index in [0.717, 1.165) is 37.3 Å². The van der Waals surface area contributed by atoms with Crippen LogP contribution < -0.4 is 15.5 Å². The van der Waals surface area contributed by atoms with Gasteiger partial charge in [-0.2, -0.15) is 9.37 Å². The molecular formula is C27H36FN7O3. The molecule has 1 fully saturated rings. The van der Waals surface area contributed by atoms with E-state index in [1.165, 1.54) is 17.2 Å². The first kappa shape index (κ1) is 28.6. The second kappa shape index (κ2) is 13.0. The third kappa shape index (κ3) is 8.57.